The maximum absolute atomic E-state index is 14.1. The quantitative estimate of drug-likeness (QED) is 0.429. The molecule has 0 bridgehead atoms. The van der Waals surface area contributed by atoms with E-state index in [0.29, 0.717) is 22.4 Å². The molecule has 1 amide bonds. The lowest BCUT2D eigenvalue weighted by Gasteiger charge is -2.25. The molecule has 0 saturated carbocycles. The number of carbonyl (C=O) groups is 2. The van der Waals surface area contributed by atoms with Gasteiger partial charge in [0.25, 0.3) is 5.91 Å². The summed E-state index contributed by atoms with van der Waals surface area (Å²) < 4.78 is 0. The van der Waals surface area contributed by atoms with Crippen molar-refractivity contribution in [2.24, 2.45) is 0 Å². The van der Waals surface area contributed by atoms with Crippen molar-refractivity contribution in [2.45, 2.75) is 5.41 Å². The highest BCUT2D eigenvalue weighted by Gasteiger charge is 2.63. The Balaban J connectivity index is 1.88. The summed E-state index contributed by atoms with van der Waals surface area (Å²) >= 11 is 0. The molecule has 0 radical (unpaired) electrons. The average Bonchev–Trinajstić information content (AvgIpc) is 3.25. The third-order valence-electron chi connectivity index (χ3n) is 6.25. The summed E-state index contributed by atoms with van der Waals surface area (Å²) in [5, 5.41) is 10.1. The molecule has 158 valence electrons. The zero-order valence-corrected chi connectivity index (χ0v) is 17.9. The van der Waals surface area contributed by atoms with Crippen LogP contribution in [0.5, 0.6) is 0 Å². The molecule has 0 saturated heterocycles. The van der Waals surface area contributed by atoms with Crippen LogP contribution in [0.1, 0.15) is 16.7 Å². The van der Waals surface area contributed by atoms with Gasteiger partial charge in [-0.2, -0.15) is 5.26 Å². The van der Waals surface area contributed by atoms with E-state index in [4.69, 9.17) is 0 Å². The molecule has 1 unspecified atom stereocenters. The first-order chi connectivity index (χ1) is 16.1. The minimum Gasteiger partial charge on any atom is -0.307 e. The van der Waals surface area contributed by atoms with Gasteiger partial charge in [0, 0.05) is 23.4 Å². The molecular weight excluding hydrogens is 408 g/mol. The summed E-state index contributed by atoms with van der Waals surface area (Å²) in [6, 6.07) is 28.3. The predicted molar refractivity (Wildman–Crippen MR) is 129 cm³/mol. The monoisotopic (exact) mass is 428 g/mol. The first-order valence-corrected chi connectivity index (χ1v) is 10.7. The number of hydrogen-bond donors (Lipinski definition) is 0. The van der Waals surface area contributed by atoms with Gasteiger partial charge in [0.05, 0.1) is 0 Å². The number of para-hydroxylation sites is 1. The normalized spacial score (nSPS) is 20.5. The lowest BCUT2D eigenvalue weighted by molar-refractivity contribution is -0.129. The molecule has 4 nitrogen and oxygen atoms in total. The maximum atomic E-state index is 14.1. The molecule has 1 spiro atoms. The fourth-order valence-corrected chi connectivity index (χ4v) is 4.90. The molecule has 3 aromatic rings. The number of anilines is 1. The van der Waals surface area contributed by atoms with Gasteiger partial charge < -0.3 is 4.90 Å². The Morgan fingerprint density at radius 3 is 2.21 bits per heavy atom. The number of nitrogens with zero attached hydrogens (tertiary/aromatic N) is 2. The van der Waals surface area contributed by atoms with Crippen molar-refractivity contribution in [3.05, 3.63) is 125 Å². The van der Waals surface area contributed by atoms with Gasteiger partial charge in [-0.1, -0.05) is 84.9 Å². The summed E-state index contributed by atoms with van der Waals surface area (Å²) in [6.45, 7) is 4.06. The van der Waals surface area contributed by atoms with E-state index in [9.17, 15) is 14.9 Å². The van der Waals surface area contributed by atoms with Crippen LogP contribution in [0.15, 0.2) is 109 Å². The second-order valence-electron chi connectivity index (χ2n) is 8.00. The van der Waals surface area contributed by atoms with E-state index in [1.807, 2.05) is 91.0 Å². The molecule has 5 rings (SSSR count). The van der Waals surface area contributed by atoms with E-state index < -0.39 is 11.2 Å². The third-order valence-corrected chi connectivity index (χ3v) is 6.25. The van der Waals surface area contributed by atoms with Crippen LogP contribution in [0, 0.1) is 11.3 Å². The average molecular weight is 428 g/mol. The van der Waals surface area contributed by atoms with Crippen LogP contribution < -0.4 is 4.90 Å². The fourth-order valence-electron chi connectivity index (χ4n) is 4.90. The molecule has 0 fully saturated rings. The molecule has 0 N–H and O–H groups in total. The van der Waals surface area contributed by atoms with Crippen LogP contribution in [-0.4, -0.2) is 18.2 Å². The molecule has 1 aliphatic heterocycles. The van der Waals surface area contributed by atoms with Crippen LogP contribution in [0.2, 0.25) is 0 Å². The minimum atomic E-state index is -1.61. The molecule has 4 heteroatoms. The molecule has 1 atom stereocenters. The molecular formula is C29H20N2O2. The SMILES string of the molecule is C=CCN1C(=O)C2(C(=O)C(C#N)=C(c3ccccc3)/C2=C\c2ccccc2)c2ccccc21. The Labute approximate surface area is 192 Å². The minimum absolute atomic E-state index is 0.00647. The van der Waals surface area contributed by atoms with E-state index >= 15 is 0 Å². The Bertz CT molecular complexity index is 1390. The Morgan fingerprint density at radius 2 is 1.55 bits per heavy atom. The van der Waals surface area contributed by atoms with Crippen LogP contribution in [0.4, 0.5) is 5.69 Å². The number of Topliss-reactive ketones (excluding diaryl/α,β-unsaturated/α-hetero) is 1. The van der Waals surface area contributed by atoms with Gasteiger partial charge in [-0.15, -0.1) is 6.58 Å². The van der Waals surface area contributed by atoms with Crippen LogP contribution in [0.25, 0.3) is 11.6 Å². The summed E-state index contributed by atoms with van der Waals surface area (Å²) in [5.74, 6) is -0.829. The molecule has 2 aliphatic rings. The van der Waals surface area contributed by atoms with E-state index in [1.165, 1.54) is 0 Å². The largest absolute Gasteiger partial charge is 0.307 e. The summed E-state index contributed by atoms with van der Waals surface area (Å²) in [4.78, 5) is 29.8. The van der Waals surface area contributed by atoms with Gasteiger partial charge in [0.15, 0.2) is 11.2 Å². The summed E-state index contributed by atoms with van der Waals surface area (Å²) in [7, 11) is 0. The summed E-state index contributed by atoms with van der Waals surface area (Å²) in [6.07, 6.45) is 3.51. The smallest absolute Gasteiger partial charge is 0.250 e. The maximum Gasteiger partial charge on any atom is 0.250 e. The second kappa shape index (κ2) is 7.89. The number of amides is 1. The zero-order valence-electron chi connectivity index (χ0n) is 17.9. The molecule has 3 aromatic carbocycles. The molecule has 33 heavy (non-hydrogen) atoms. The Hall–Kier alpha value is -4.49. The van der Waals surface area contributed by atoms with Crippen LogP contribution in [0.3, 0.4) is 0 Å². The van der Waals surface area contributed by atoms with E-state index in [1.54, 1.807) is 11.0 Å². The standard InChI is InChI=1S/C29H20N2O2/c1-2-17-31-25-16-10-9-15-23(25)29(28(31)33)24(18-20-11-5-3-6-12-20)26(22(19-30)27(29)32)21-13-7-4-8-14-21/h2-16,18H,1,17H2/b24-18+. The Kier molecular flexibility index (Phi) is 4.88. The van der Waals surface area contributed by atoms with Gasteiger partial charge in [0.1, 0.15) is 11.6 Å². The van der Waals surface area contributed by atoms with Gasteiger partial charge in [-0.25, -0.2) is 0 Å². The van der Waals surface area contributed by atoms with Crippen LogP contribution in [-0.2, 0) is 15.0 Å². The molecule has 0 aromatic heterocycles. The van der Waals surface area contributed by atoms with Crippen molar-refractivity contribution >= 4 is 29.0 Å². The van der Waals surface area contributed by atoms with Crippen LogP contribution >= 0.6 is 0 Å². The Morgan fingerprint density at radius 1 is 0.909 bits per heavy atom. The second-order valence-corrected chi connectivity index (χ2v) is 8.00. The first-order valence-electron chi connectivity index (χ1n) is 10.7. The number of benzene rings is 3. The highest BCUT2D eigenvalue weighted by Crippen LogP contribution is 2.56. The van der Waals surface area contributed by atoms with Crippen molar-refractivity contribution in [2.75, 3.05) is 11.4 Å². The zero-order chi connectivity index (χ0) is 23.0. The molecule has 1 heterocycles. The van der Waals surface area contributed by atoms with E-state index in [0.717, 1.165) is 11.1 Å². The predicted octanol–water partition coefficient (Wildman–Crippen LogP) is 5.10. The first kappa shape index (κ1) is 20.4. The number of nitriles is 1. The molecule has 1 aliphatic carbocycles. The van der Waals surface area contributed by atoms with Gasteiger partial charge in [-0.05, 0) is 28.8 Å². The lowest BCUT2D eigenvalue weighted by Crippen LogP contribution is -2.45. The third kappa shape index (κ3) is 2.83. The topological polar surface area (TPSA) is 61.2 Å². The fraction of sp³-hybridized carbons (Fsp3) is 0.0690. The van der Waals surface area contributed by atoms with Crippen molar-refractivity contribution < 1.29 is 9.59 Å². The lowest BCUT2D eigenvalue weighted by atomic mass is 9.72. The van der Waals surface area contributed by atoms with Crippen molar-refractivity contribution in [1.29, 1.82) is 5.26 Å². The van der Waals surface area contributed by atoms with Crippen molar-refractivity contribution in [3.8, 4) is 6.07 Å². The van der Waals surface area contributed by atoms with E-state index in [-0.39, 0.29) is 18.0 Å². The number of ketones is 1. The number of carbonyl (C=O) groups excluding carboxylic acids is 2. The number of hydrogen-bond acceptors (Lipinski definition) is 3. The van der Waals surface area contributed by atoms with Gasteiger partial charge in [0.2, 0.25) is 0 Å². The van der Waals surface area contributed by atoms with Gasteiger partial charge >= 0.3 is 0 Å². The van der Waals surface area contributed by atoms with Crippen molar-refractivity contribution in [1.82, 2.24) is 0 Å². The van der Waals surface area contributed by atoms with Crippen molar-refractivity contribution in [3.63, 3.8) is 0 Å². The number of rotatable bonds is 4. The number of fused-ring (bicyclic) bond motifs is 2. The number of allylic oxidation sites excluding steroid dienone is 2. The highest BCUT2D eigenvalue weighted by atomic mass is 16.2. The van der Waals surface area contributed by atoms with Gasteiger partial charge in [-0.3, -0.25) is 9.59 Å². The van der Waals surface area contributed by atoms with E-state index in [2.05, 4.69) is 12.6 Å². The summed E-state index contributed by atoms with van der Waals surface area (Å²) in [5.41, 5.74) is 2.29. The highest BCUT2D eigenvalue weighted by molar-refractivity contribution is 6.38.